The molecule has 1 aliphatic heterocycles. The molecule has 2 heterocycles. The fourth-order valence-electron chi connectivity index (χ4n) is 2.60. The average Bonchev–Trinajstić information content (AvgIpc) is 2.92. The Bertz CT molecular complexity index is 647. The van der Waals surface area contributed by atoms with E-state index >= 15 is 0 Å². The molecule has 3 rings (SSSR count). The summed E-state index contributed by atoms with van der Waals surface area (Å²) in [4.78, 5) is 12.2. The van der Waals surface area contributed by atoms with Crippen LogP contribution in [0.5, 0.6) is 0 Å². The second kappa shape index (κ2) is 6.10. The number of amides is 1. The van der Waals surface area contributed by atoms with Gasteiger partial charge < -0.3 is 10.6 Å². The fraction of sp³-hybridized carbons (Fsp3) is 0.375. The van der Waals surface area contributed by atoms with Crippen molar-refractivity contribution >= 4 is 5.91 Å². The van der Waals surface area contributed by atoms with Crippen molar-refractivity contribution < 1.29 is 4.79 Å². The molecule has 0 spiro atoms. The van der Waals surface area contributed by atoms with E-state index in [-0.39, 0.29) is 5.91 Å². The minimum Gasteiger partial charge on any atom is -0.350 e. The third-order valence-electron chi connectivity index (χ3n) is 3.74. The first-order valence-corrected chi connectivity index (χ1v) is 7.32. The SMILES string of the molecule is Cc1cnn(CCNC(=O)c2ccc3c(c2)CNCC3)c1. The quantitative estimate of drug-likeness (QED) is 0.889. The van der Waals surface area contributed by atoms with Gasteiger partial charge in [0, 0.05) is 24.8 Å². The summed E-state index contributed by atoms with van der Waals surface area (Å²) < 4.78 is 1.84. The van der Waals surface area contributed by atoms with Crippen LogP contribution in [0.2, 0.25) is 0 Å². The third kappa shape index (κ3) is 3.31. The van der Waals surface area contributed by atoms with Crippen molar-refractivity contribution in [1.82, 2.24) is 20.4 Å². The van der Waals surface area contributed by atoms with E-state index < -0.39 is 0 Å². The van der Waals surface area contributed by atoms with Gasteiger partial charge in [-0.05, 0) is 48.7 Å². The standard InChI is InChI=1S/C16H20N4O/c1-12-9-19-20(11-12)7-6-18-16(21)14-3-2-13-4-5-17-10-15(13)8-14/h2-3,8-9,11,17H,4-7,10H2,1H3,(H,18,21). The van der Waals surface area contributed by atoms with Gasteiger partial charge in [0.05, 0.1) is 12.7 Å². The molecule has 21 heavy (non-hydrogen) atoms. The van der Waals surface area contributed by atoms with Crippen molar-refractivity contribution in [3.63, 3.8) is 0 Å². The molecular weight excluding hydrogens is 264 g/mol. The first-order valence-electron chi connectivity index (χ1n) is 7.32. The molecular formula is C16H20N4O. The molecule has 5 nitrogen and oxygen atoms in total. The molecule has 1 aromatic heterocycles. The van der Waals surface area contributed by atoms with Crippen molar-refractivity contribution in [2.75, 3.05) is 13.1 Å². The molecule has 5 heteroatoms. The number of aromatic nitrogens is 2. The van der Waals surface area contributed by atoms with Gasteiger partial charge >= 0.3 is 0 Å². The zero-order valence-electron chi connectivity index (χ0n) is 12.2. The Labute approximate surface area is 124 Å². The maximum Gasteiger partial charge on any atom is 0.251 e. The van der Waals surface area contributed by atoms with Crippen molar-refractivity contribution in [1.29, 1.82) is 0 Å². The molecule has 0 saturated carbocycles. The fourth-order valence-corrected chi connectivity index (χ4v) is 2.60. The molecule has 0 saturated heterocycles. The second-order valence-electron chi connectivity index (χ2n) is 5.45. The smallest absolute Gasteiger partial charge is 0.251 e. The van der Waals surface area contributed by atoms with E-state index in [2.05, 4.69) is 21.8 Å². The average molecular weight is 284 g/mol. The van der Waals surface area contributed by atoms with Crippen LogP contribution in [0.15, 0.2) is 30.6 Å². The number of aryl methyl sites for hydroxylation is 1. The summed E-state index contributed by atoms with van der Waals surface area (Å²) >= 11 is 0. The Kier molecular flexibility index (Phi) is 4.01. The maximum absolute atomic E-state index is 12.2. The first kappa shape index (κ1) is 13.8. The summed E-state index contributed by atoms with van der Waals surface area (Å²) in [6, 6.07) is 5.98. The minimum atomic E-state index is -0.0211. The number of fused-ring (bicyclic) bond motifs is 1. The number of rotatable bonds is 4. The van der Waals surface area contributed by atoms with Crippen molar-refractivity contribution in [3.05, 3.63) is 52.8 Å². The van der Waals surface area contributed by atoms with E-state index in [4.69, 9.17) is 0 Å². The zero-order valence-corrected chi connectivity index (χ0v) is 12.2. The van der Waals surface area contributed by atoms with Gasteiger partial charge in [-0.1, -0.05) is 6.07 Å². The molecule has 110 valence electrons. The van der Waals surface area contributed by atoms with Crippen LogP contribution in [-0.4, -0.2) is 28.8 Å². The highest BCUT2D eigenvalue weighted by Crippen LogP contribution is 2.15. The van der Waals surface area contributed by atoms with Crippen LogP contribution in [0.3, 0.4) is 0 Å². The van der Waals surface area contributed by atoms with E-state index in [9.17, 15) is 4.79 Å². The number of nitrogens with zero attached hydrogens (tertiary/aromatic N) is 2. The summed E-state index contributed by atoms with van der Waals surface area (Å²) in [5, 5.41) is 10.5. The Balaban J connectivity index is 1.57. The van der Waals surface area contributed by atoms with E-state index in [1.165, 1.54) is 11.1 Å². The summed E-state index contributed by atoms with van der Waals surface area (Å²) in [6.45, 7) is 5.13. The molecule has 0 unspecified atom stereocenters. The molecule has 2 aromatic rings. The highest BCUT2D eigenvalue weighted by molar-refractivity contribution is 5.94. The van der Waals surface area contributed by atoms with Crippen LogP contribution in [0.4, 0.5) is 0 Å². The molecule has 0 bridgehead atoms. The lowest BCUT2D eigenvalue weighted by Crippen LogP contribution is -2.28. The number of benzene rings is 1. The molecule has 2 N–H and O–H groups in total. The van der Waals surface area contributed by atoms with Crippen LogP contribution in [0.1, 0.15) is 27.0 Å². The van der Waals surface area contributed by atoms with Crippen LogP contribution in [0, 0.1) is 6.92 Å². The molecule has 1 aliphatic rings. The van der Waals surface area contributed by atoms with E-state index in [0.29, 0.717) is 13.1 Å². The van der Waals surface area contributed by atoms with Gasteiger partial charge in [0.15, 0.2) is 0 Å². The normalized spacial score (nSPS) is 13.8. The molecule has 0 aliphatic carbocycles. The Hall–Kier alpha value is -2.14. The number of nitrogens with one attached hydrogen (secondary N) is 2. The van der Waals surface area contributed by atoms with Gasteiger partial charge in [-0.15, -0.1) is 0 Å². The Morgan fingerprint density at radius 2 is 2.33 bits per heavy atom. The Morgan fingerprint density at radius 3 is 3.14 bits per heavy atom. The minimum absolute atomic E-state index is 0.0211. The van der Waals surface area contributed by atoms with Crippen LogP contribution >= 0.6 is 0 Å². The van der Waals surface area contributed by atoms with Crippen LogP contribution in [-0.2, 0) is 19.5 Å². The van der Waals surface area contributed by atoms with Crippen LogP contribution < -0.4 is 10.6 Å². The van der Waals surface area contributed by atoms with E-state index in [0.717, 1.165) is 30.6 Å². The topological polar surface area (TPSA) is 59.0 Å². The zero-order chi connectivity index (χ0) is 14.7. The number of hydrogen-bond acceptors (Lipinski definition) is 3. The highest BCUT2D eigenvalue weighted by atomic mass is 16.1. The van der Waals surface area contributed by atoms with Crippen molar-refractivity contribution in [2.45, 2.75) is 26.4 Å². The van der Waals surface area contributed by atoms with Crippen molar-refractivity contribution in [3.8, 4) is 0 Å². The van der Waals surface area contributed by atoms with Gasteiger partial charge in [-0.25, -0.2) is 0 Å². The van der Waals surface area contributed by atoms with Crippen molar-refractivity contribution in [2.24, 2.45) is 0 Å². The van der Waals surface area contributed by atoms with Gasteiger partial charge in [-0.2, -0.15) is 5.10 Å². The lowest BCUT2D eigenvalue weighted by Gasteiger charge is -2.17. The number of carbonyl (C=O) groups is 1. The van der Waals surface area contributed by atoms with Crippen LogP contribution in [0.25, 0.3) is 0 Å². The van der Waals surface area contributed by atoms with Gasteiger partial charge in [-0.3, -0.25) is 9.48 Å². The lowest BCUT2D eigenvalue weighted by atomic mass is 9.98. The molecule has 0 radical (unpaired) electrons. The molecule has 1 amide bonds. The predicted octanol–water partition coefficient (Wildman–Crippen LogP) is 1.27. The highest BCUT2D eigenvalue weighted by Gasteiger charge is 2.12. The van der Waals surface area contributed by atoms with Gasteiger partial charge in [0.25, 0.3) is 5.91 Å². The molecule has 0 atom stereocenters. The first-order chi connectivity index (χ1) is 10.2. The van der Waals surface area contributed by atoms with Gasteiger partial charge in [0.1, 0.15) is 0 Å². The predicted molar refractivity (Wildman–Crippen MR) is 81.1 cm³/mol. The number of carbonyl (C=O) groups excluding carboxylic acids is 1. The lowest BCUT2D eigenvalue weighted by molar-refractivity contribution is 0.0952. The third-order valence-corrected chi connectivity index (χ3v) is 3.74. The second-order valence-corrected chi connectivity index (χ2v) is 5.45. The summed E-state index contributed by atoms with van der Waals surface area (Å²) in [7, 11) is 0. The molecule has 0 fully saturated rings. The van der Waals surface area contributed by atoms with Gasteiger partial charge in [0.2, 0.25) is 0 Å². The number of hydrogen-bond donors (Lipinski definition) is 2. The monoisotopic (exact) mass is 284 g/mol. The largest absolute Gasteiger partial charge is 0.350 e. The van der Waals surface area contributed by atoms with E-state index in [1.54, 1.807) is 0 Å². The summed E-state index contributed by atoms with van der Waals surface area (Å²) in [6.07, 6.45) is 4.82. The Morgan fingerprint density at radius 1 is 1.43 bits per heavy atom. The molecule has 1 aromatic carbocycles. The maximum atomic E-state index is 12.2. The van der Waals surface area contributed by atoms with E-state index in [1.807, 2.05) is 36.1 Å². The summed E-state index contributed by atoms with van der Waals surface area (Å²) in [5.74, 6) is -0.0211. The summed E-state index contributed by atoms with van der Waals surface area (Å²) in [5.41, 5.74) is 4.44.